The number of halogens is 2. The van der Waals surface area contributed by atoms with Crippen molar-refractivity contribution in [1.82, 2.24) is 9.38 Å². The molecule has 0 radical (unpaired) electrons. The van der Waals surface area contributed by atoms with Gasteiger partial charge < -0.3 is 5.32 Å². The summed E-state index contributed by atoms with van der Waals surface area (Å²) in [6.45, 7) is 4.07. The van der Waals surface area contributed by atoms with Gasteiger partial charge in [-0.15, -0.1) is 0 Å². The number of aryl methyl sites for hydroxylation is 2. The second kappa shape index (κ2) is 8.34. The van der Waals surface area contributed by atoms with E-state index in [0.29, 0.717) is 15.7 Å². The van der Waals surface area contributed by atoms with Crippen molar-refractivity contribution in [2.45, 2.75) is 13.8 Å². The molecule has 0 atom stereocenters. The molecule has 2 aromatic heterocycles. The highest BCUT2D eigenvalue weighted by Gasteiger charge is 2.13. The SMILES string of the molecule is Cc1ccc(-c2nc3cc(C)ccn3c2/C=C/C(=O)Nc2cc(Cl)ccc2Cl)cc1. The third-order valence-electron chi connectivity index (χ3n) is 4.72. The molecule has 2 heterocycles. The fourth-order valence-corrected chi connectivity index (χ4v) is 3.51. The van der Waals surface area contributed by atoms with Gasteiger partial charge in [-0.3, -0.25) is 9.20 Å². The number of anilines is 1. The van der Waals surface area contributed by atoms with Gasteiger partial charge in [-0.1, -0.05) is 53.0 Å². The molecule has 30 heavy (non-hydrogen) atoms. The summed E-state index contributed by atoms with van der Waals surface area (Å²) in [6, 6.07) is 17.1. The summed E-state index contributed by atoms with van der Waals surface area (Å²) < 4.78 is 1.97. The fraction of sp³-hybridized carbons (Fsp3) is 0.0833. The Morgan fingerprint density at radius 2 is 1.77 bits per heavy atom. The van der Waals surface area contributed by atoms with E-state index in [4.69, 9.17) is 28.2 Å². The highest BCUT2D eigenvalue weighted by Crippen LogP contribution is 2.27. The van der Waals surface area contributed by atoms with Crippen molar-refractivity contribution in [3.05, 3.63) is 93.7 Å². The Bertz CT molecular complexity index is 1270. The Hall–Kier alpha value is -3.08. The highest BCUT2D eigenvalue weighted by molar-refractivity contribution is 6.35. The zero-order valence-electron chi connectivity index (χ0n) is 16.5. The normalized spacial score (nSPS) is 11.3. The van der Waals surface area contributed by atoms with Crippen LogP contribution in [0.4, 0.5) is 5.69 Å². The zero-order valence-corrected chi connectivity index (χ0v) is 18.0. The van der Waals surface area contributed by atoms with Gasteiger partial charge in [0.25, 0.3) is 0 Å². The number of nitrogens with zero attached hydrogens (tertiary/aromatic N) is 2. The van der Waals surface area contributed by atoms with Crippen molar-refractivity contribution in [2.24, 2.45) is 0 Å². The molecule has 2 aromatic carbocycles. The minimum atomic E-state index is -0.309. The minimum Gasteiger partial charge on any atom is -0.321 e. The first-order chi connectivity index (χ1) is 14.4. The standard InChI is InChI=1S/C24H19Cl2N3O/c1-15-3-5-17(6-4-15)24-21(29-12-11-16(2)13-22(29)28-24)9-10-23(30)27-20-14-18(25)7-8-19(20)26/h3-14H,1-2H3,(H,27,30)/b10-9+. The van der Waals surface area contributed by atoms with Crippen LogP contribution < -0.4 is 5.32 Å². The minimum absolute atomic E-state index is 0.309. The molecule has 4 nitrogen and oxygen atoms in total. The highest BCUT2D eigenvalue weighted by atomic mass is 35.5. The quantitative estimate of drug-likeness (QED) is 0.368. The van der Waals surface area contributed by atoms with Crippen LogP contribution in [-0.4, -0.2) is 15.3 Å². The smallest absolute Gasteiger partial charge is 0.248 e. The van der Waals surface area contributed by atoms with Crippen LogP contribution >= 0.6 is 23.2 Å². The summed E-state index contributed by atoms with van der Waals surface area (Å²) in [5.41, 5.74) is 6.20. The van der Waals surface area contributed by atoms with Crippen LogP contribution in [0.25, 0.3) is 23.0 Å². The number of aromatic nitrogens is 2. The molecule has 0 spiro atoms. The third kappa shape index (κ3) is 4.25. The molecule has 4 rings (SSSR count). The van der Waals surface area contributed by atoms with E-state index in [1.807, 2.05) is 60.8 Å². The summed E-state index contributed by atoms with van der Waals surface area (Å²) in [6.07, 6.45) is 5.19. The van der Waals surface area contributed by atoms with E-state index in [0.717, 1.165) is 28.2 Å². The van der Waals surface area contributed by atoms with Gasteiger partial charge in [0.15, 0.2) is 0 Å². The van der Waals surface area contributed by atoms with Crippen LogP contribution in [0.2, 0.25) is 10.0 Å². The number of nitrogens with one attached hydrogen (secondary N) is 1. The van der Waals surface area contributed by atoms with Crippen LogP contribution in [0.15, 0.2) is 66.9 Å². The lowest BCUT2D eigenvalue weighted by Crippen LogP contribution is -2.08. The molecule has 1 N–H and O–H groups in total. The lowest BCUT2D eigenvalue weighted by Gasteiger charge is -2.05. The Kier molecular flexibility index (Phi) is 5.62. The van der Waals surface area contributed by atoms with Gasteiger partial charge in [0.05, 0.1) is 22.1 Å². The van der Waals surface area contributed by atoms with E-state index in [2.05, 4.69) is 5.32 Å². The molecule has 0 aliphatic heterocycles. The lowest BCUT2D eigenvalue weighted by molar-refractivity contribution is -0.111. The van der Waals surface area contributed by atoms with E-state index in [9.17, 15) is 4.79 Å². The van der Waals surface area contributed by atoms with Gasteiger partial charge in [-0.25, -0.2) is 4.98 Å². The van der Waals surface area contributed by atoms with Crippen molar-refractivity contribution in [3.8, 4) is 11.3 Å². The van der Waals surface area contributed by atoms with Gasteiger partial charge in [0, 0.05) is 22.9 Å². The van der Waals surface area contributed by atoms with Crippen molar-refractivity contribution in [3.63, 3.8) is 0 Å². The molecular weight excluding hydrogens is 417 g/mol. The topological polar surface area (TPSA) is 46.4 Å². The van der Waals surface area contributed by atoms with Crippen molar-refractivity contribution < 1.29 is 4.79 Å². The fourth-order valence-electron chi connectivity index (χ4n) is 3.17. The lowest BCUT2D eigenvalue weighted by atomic mass is 10.1. The number of hydrogen-bond acceptors (Lipinski definition) is 2. The van der Waals surface area contributed by atoms with Gasteiger partial charge >= 0.3 is 0 Å². The van der Waals surface area contributed by atoms with Crippen LogP contribution in [-0.2, 0) is 4.79 Å². The van der Waals surface area contributed by atoms with E-state index in [1.165, 1.54) is 11.6 Å². The van der Waals surface area contributed by atoms with Crippen LogP contribution in [0.5, 0.6) is 0 Å². The molecule has 0 unspecified atom stereocenters. The largest absolute Gasteiger partial charge is 0.321 e. The zero-order chi connectivity index (χ0) is 21.3. The molecule has 0 bridgehead atoms. The average molecular weight is 436 g/mol. The molecule has 6 heteroatoms. The monoisotopic (exact) mass is 435 g/mol. The number of benzene rings is 2. The number of amides is 1. The van der Waals surface area contributed by atoms with E-state index in [-0.39, 0.29) is 5.91 Å². The van der Waals surface area contributed by atoms with Crippen molar-refractivity contribution in [2.75, 3.05) is 5.32 Å². The first kappa shape index (κ1) is 20.2. The molecule has 0 saturated heterocycles. The predicted molar refractivity (Wildman–Crippen MR) is 124 cm³/mol. The second-order valence-corrected chi connectivity index (χ2v) is 7.93. The molecule has 150 valence electrons. The van der Waals surface area contributed by atoms with Crippen molar-refractivity contribution >= 4 is 46.5 Å². The molecule has 4 aromatic rings. The first-order valence-electron chi connectivity index (χ1n) is 9.40. The molecule has 0 saturated carbocycles. The second-order valence-electron chi connectivity index (χ2n) is 7.09. The maximum absolute atomic E-state index is 12.5. The number of carbonyl (C=O) groups excluding carboxylic acids is 1. The molecule has 0 aliphatic rings. The first-order valence-corrected chi connectivity index (χ1v) is 10.2. The average Bonchev–Trinajstić information content (AvgIpc) is 3.07. The van der Waals surface area contributed by atoms with Crippen LogP contribution in [0.3, 0.4) is 0 Å². The summed E-state index contributed by atoms with van der Waals surface area (Å²) >= 11 is 12.1. The molecular formula is C24H19Cl2N3O. The van der Waals surface area contributed by atoms with E-state index < -0.39 is 0 Å². The maximum Gasteiger partial charge on any atom is 0.248 e. The van der Waals surface area contributed by atoms with Crippen LogP contribution in [0, 0.1) is 13.8 Å². The third-order valence-corrected chi connectivity index (χ3v) is 5.29. The van der Waals surface area contributed by atoms with Crippen molar-refractivity contribution in [1.29, 1.82) is 0 Å². The van der Waals surface area contributed by atoms with Gasteiger partial charge in [-0.2, -0.15) is 0 Å². The van der Waals surface area contributed by atoms with E-state index >= 15 is 0 Å². The maximum atomic E-state index is 12.5. The summed E-state index contributed by atoms with van der Waals surface area (Å²) in [5, 5.41) is 3.69. The number of hydrogen-bond donors (Lipinski definition) is 1. The summed E-state index contributed by atoms with van der Waals surface area (Å²) in [5.74, 6) is -0.309. The summed E-state index contributed by atoms with van der Waals surface area (Å²) in [7, 11) is 0. The number of pyridine rings is 1. The number of carbonyl (C=O) groups is 1. The molecule has 1 amide bonds. The Morgan fingerprint density at radius 1 is 1.00 bits per heavy atom. The molecule has 0 fully saturated rings. The number of rotatable bonds is 4. The van der Waals surface area contributed by atoms with Gasteiger partial charge in [0.2, 0.25) is 5.91 Å². The summed E-state index contributed by atoms with van der Waals surface area (Å²) in [4.78, 5) is 17.3. The Balaban J connectivity index is 1.71. The molecule has 0 aliphatic carbocycles. The Morgan fingerprint density at radius 3 is 2.53 bits per heavy atom. The van der Waals surface area contributed by atoms with Gasteiger partial charge in [-0.05, 0) is 55.8 Å². The van der Waals surface area contributed by atoms with Crippen LogP contribution in [0.1, 0.15) is 16.8 Å². The van der Waals surface area contributed by atoms with Gasteiger partial charge in [0.1, 0.15) is 5.65 Å². The predicted octanol–water partition coefficient (Wildman–Crippen LogP) is 6.58. The number of imidazole rings is 1. The Labute approximate surface area is 184 Å². The van der Waals surface area contributed by atoms with E-state index in [1.54, 1.807) is 24.3 Å². The number of fused-ring (bicyclic) bond motifs is 1.